The quantitative estimate of drug-likeness (QED) is 0.780. The van der Waals surface area contributed by atoms with Gasteiger partial charge in [0.1, 0.15) is 13.2 Å². The van der Waals surface area contributed by atoms with Crippen LogP contribution in [0.15, 0.2) is 30.9 Å². The highest BCUT2D eigenvalue weighted by Crippen LogP contribution is 2.30. The van der Waals surface area contributed by atoms with Crippen molar-refractivity contribution in [3.63, 3.8) is 0 Å². The van der Waals surface area contributed by atoms with E-state index in [9.17, 15) is 0 Å². The Labute approximate surface area is 100 Å². The van der Waals surface area contributed by atoms with Crippen LogP contribution in [-0.4, -0.2) is 24.4 Å². The number of ether oxygens (including phenoxy) is 2. The Bertz CT molecular complexity index is 350. The molecule has 1 aromatic carbocycles. The first-order valence-electron chi connectivity index (χ1n) is 4.97. The summed E-state index contributed by atoms with van der Waals surface area (Å²) in [6, 6.07) is 5.10. The van der Waals surface area contributed by atoms with Gasteiger partial charge >= 0.3 is 0 Å². The molecular weight excluding hydrogens is 228 g/mol. The number of aliphatic hydroxyl groups excluding tert-OH is 1. The highest BCUT2D eigenvalue weighted by molar-refractivity contribution is 6.30. The summed E-state index contributed by atoms with van der Waals surface area (Å²) in [5.74, 6) is 1.11. The number of rotatable bonds is 6. The average Bonchev–Trinajstić information content (AvgIpc) is 2.25. The van der Waals surface area contributed by atoms with Crippen molar-refractivity contribution in [3.05, 3.63) is 35.9 Å². The summed E-state index contributed by atoms with van der Waals surface area (Å²) in [4.78, 5) is 0. The predicted octanol–water partition coefficient (Wildman–Crippen LogP) is 2.66. The van der Waals surface area contributed by atoms with E-state index < -0.39 is 6.10 Å². The van der Waals surface area contributed by atoms with Crippen LogP contribution < -0.4 is 9.47 Å². The molecule has 1 N–H and O–H groups in total. The van der Waals surface area contributed by atoms with Crippen LogP contribution >= 0.6 is 11.6 Å². The third kappa shape index (κ3) is 4.13. The first-order chi connectivity index (χ1) is 7.63. The lowest BCUT2D eigenvalue weighted by Gasteiger charge is -2.13. The number of halogens is 1. The monoisotopic (exact) mass is 242 g/mol. The molecule has 0 saturated carbocycles. The van der Waals surface area contributed by atoms with Crippen LogP contribution in [0.25, 0.3) is 0 Å². The summed E-state index contributed by atoms with van der Waals surface area (Å²) in [6.45, 7) is 5.81. The molecular formula is C12H15ClO3. The minimum atomic E-state index is -0.536. The van der Waals surface area contributed by atoms with Gasteiger partial charge in [-0.05, 0) is 19.1 Å². The van der Waals surface area contributed by atoms with E-state index in [2.05, 4.69) is 6.58 Å². The fourth-order valence-electron chi connectivity index (χ4n) is 1.07. The second-order valence-electron chi connectivity index (χ2n) is 3.35. The van der Waals surface area contributed by atoms with Crippen LogP contribution in [0.5, 0.6) is 11.5 Å². The third-order valence-corrected chi connectivity index (χ3v) is 1.98. The van der Waals surface area contributed by atoms with Gasteiger partial charge in [-0.3, -0.25) is 0 Å². The zero-order chi connectivity index (χ0) is 12.0. The Hall–Kier alpha value is -1.19. The second-order valence-corrected chi connectivity index (χ2v) is 3.79. The van der Waals surface area contributed by atoms with Crippen molar-refractivity contribution < 1.29 is 14.6 Å². The number of hydrogen-bond donors (Lipinski definition) is 1. The van der Waals surface area contributed by atoms with Crippen LogP contribution in [0.3, 0.4) is 0 Å². The predicted molar refractivity (Wildman–Crippen MR) is 64.3 cm³/mol. The molecule has 0 bridgehead atoms. The summed E-state index contributed by atoms with van der Waals surface area (Å²) in [7, 11) is 0. The van der Waals surface area contributed by atoms with Crippen molar-refractivity contribution in [2.45, 2.75) is 13.0 Å². The molecule has 16 heavy (non-hydrogen) atoms. The SMILES string of the molecule is C=CCOc1ccc(Cl)cc1OC[C@@H](C)O. The molecule has 0 aliphatic heterocycles. The Morgan fingerprint density at radius 1 is 1.44 bits per heavy atom. The van der Waals surface area contributed by atoms with Crippen molar-refractivity contribution in [3.8, 4) is 11.5 Å². The van der Waals surface area contributed by atoms with Crippen molar-refractivity contribution in [2.75, 3.05) is 13.2 Å². The van der Waals surface area contributed by atoms with E-state index in [0.717, 1.165) is 0 Å². The summed E-state index contributed by atoms with van der Waals surface area (Å²) in [5, 5.41) is 9.70. The molecule has 0 aliphatic carbocycles. The molecule has 0 radical (unpaired) electrons. The smallest absolute Gasteiger partial charge is 0.162 e. The van der Waals surface area contributed by atoms with Crippen LogP contribution in [0.1, 0.15) is 6.92 Å². The lowest BCUT2D eigenvalue weighted by atomic mass is 10.3. The molecule has 0 fully saturated rings. The standard InChI is InChI=1S/C12H15ClO3/c1-3-6-15-11-5-4-10(13)7-12(11)16-8-9(2)14/h3-5,7,9,14H,1,6,8H2,2H3/t9-/m1/s1. The maximum atomic E-state index is 9.13. The zero-order valence-corrected chi connectivity index (χ0v) is 9.91. The van der Waals surface area contributed by atoms with E-state index in [4.69, 9.17) is 26.2 Å². The Kier molecular flexibility index (Phi) is 5.15. The number of hydrogen-bond acceptors (Lipinski definition) is 3. The van der Waals surface area contributed by atoms with Gasteiger partial charge in [-0.1, -0.05) is 24.3 Å². The molecule has 1 rings (SSSR count). The molecule has 0 spiro atoms. The normalized spacial score (nSPS) is 11.9. The Balaban J connectivity index is 2.76. The van der Waals surface area contributed by atoms with Crippen LogP contribution in [0, 0.1) is 0 Å². The second kappa shape index (κ2) is 6.40. The minimum Gasteiger partial charge on any atom is -0.487 e. The lowest BCUT2D eigenvalue weighted by molar-refractivity contribution is 0.120. The van der Waals surface area contributed by atoms with E-state index in [1.165, 1.54) is 0 Å². The summed E-state index contributed by atoms with van der Waals surface area (Å²) < 4.78 is 10.8. The molecule has 88 valence electrons. The van der Waals surface area contributed by atoms with Crippen molar-refractivity contribution in [1.82, 2.24) is 0 Å². The minimum absolute atomic E-state index is 0.199. The fraction of sp³-hybridized carbons (Fsp3) is 0.333. The maximum absolute atomic E-state index is 9.13. The van der Waals surface area contributed by atoms with Gasteiger partial charge in [-0.25, -0.2) is 0 Å². The van der Waals surface area contributed by atoms with Gasteiger partial charge in [0.2, 0.25) is 0 Å². The van der Waals surface area contributed by atoms with Crippen molar-refractivity contribution in [1.29, 1.82) is 0 Å². The molecule has 1 atom stereocenters. The topological polar surface area (TPSA) is 38.7 Å². The largest absolute Gasteiger partial charge is 0.487 e. The average molecular weight is 243 g/mol. The molecule has 3 nitrogen and oxygen atoms in total. The number of aliphatic hydroxyl groups is 1. The van der Waals surface area contributed by atoms with Crippen molar-refractivity contribution >= 4 is 11.6 Å². The van der Waals surface area contributed by atoms with Crippen LogP contribution in [-0.2, 0) is 0 Å². The van der Waals surface area contributed by atoms with Gasteiger partial charge in [0.25, 0.3) is 0 Å². The summed E-state index contributed by atoms with van der Waals surface area (Å²) >= 11 is 5.85. The van der Waals surface area contributed by atoms with Gasteiger partial charge in [0.15, 0.2) is 11.5 Å². The van der Waals surface area contributed by atoms with E-state index in [1.807, 2.05) is 0 Å². The van der Waals surface area contributed by atoms with Gasteiger partial charge in [-0.15, -0.1) is 0 Å². The zero-order valence-electron chi connectivity index (χ0n) is 9.15. The lowest BCUT2D eigenvalue weighted by Crippen LogP contribution is -2.13. The van der Waals surface area contributed by atoms with E-state index in [-0.39, 0.29) is 6.61 Å². The molecule has 0 unspecified atom stereocenters. The molecule has 0 aliphatic rings. The molecule has 0 amide bonds. The summed E-state index contributed by atoms with van der Waals surface area (Å²) in [6.07, 6.45) is 1.11. The number of benzene rings is 1. The summed E-state index contributed by atoms with van der Waals surface area (Å²) in [5.41, 5.74) is 0. The van der Waals surface area contributed by atoms with Crippen molar-refractivity contribution in [2.24, 2.45) is 0 Å². The molecule has 0 heterocycles. The van der Waals surface area contributed by atoms with Gasteiger partial charge in [0, 0.05) is 11.1 Å². The highest BCUT2D eigenvalue weighted by atomic mass is 35.5. The third-order valence-electron chi connectivity index (χ3n) is 1.74. The van der Waals surface area contributed by atoms with E-state index >= 15 is 0 Å². The van der Waals surface area contributed by atoms with E-state index in [1.54, 1.807) is 31.2 Å². The highest BCUT2D eigenvalue weighted by Gasteiger charge is 2.07. The first kappa shape index (κ1) is 12.9. The molecule has 0 aromatic heterocycles. The fourth-order valence-corrected chi connectivity index (χ4v) is 1.24. The molecule has 0 saturated heterocycles. The van der Waals surface area contributed by atoms with Crippen LogP contribution in [0.4, 0.5) is 0 Å². The first-order valence-corrected chi connectivity index (χ1v) is 5.35. The maximum Gasteiger partial charge on any atom is 0.162 e. The van der Waals surface area contributed by atoms with Gasteiger partial charge < -0.3 is 14.6 Å². The molecule has 1 aromatic rings. The van der Waals surface area contributed by atoms with Crippen LogP contribution in [0.2, 0.25) is 5.02 Å². The Morgan fingerprint density at radius 2 is 2.19 bits per heavy atom. The van der Waals surface area contributed by atoms with Gasteiger partial charge in [-0.2, -0.15) is 0 Å². The molecule has 4 heteroatoms. The van der Waals surface area contributed by atoms with Gasteiger partial charge in [0.05, 0.1) is 6.10 Å². The van der Waals surface area contributed by atoms with E-state index in [0.29, 0.717) is 23.1 Å². The Morgan fingerprint density at radius 3 is 2.81 bits per heavy atom.